The van der Waals surface area contributed by atoms with Crippen molar-refractivity contribution in [3.8, 4) is 0 Å². The molecule has 6 heterocycles. The van der Waals surface area contributed by atoms with Crippen LogP contribution in [0.4, 0.5) is 0 Å². The second-order valence-electron chi connectivity index (χ2n) is 5.54. The highest BCUT2D eigenvalue weighted by atomic mass is 15.1. The minimum Gasteiger partial charge on any atom is -0.307 e. The van der Waals surface area contributed by atoms with Gasteiger partial charge in [0.25, 0.3) is 0 Å². The van der Waals surface area contributed by atoms with E-state index in [9.17, 15) is 0 Å². The zero-order valence-corrected chi connectivity index (χ0v) is 14.4. The fraction of sp³-hybridized carbons (Fsp3) is 0. The van der Waals surface area contributed by atoms with Crippen molar-refractivity contribution in [1.82, 2.24) is 29.3 Å². The lowest BCUT2D eigenvalue weighted by molar-refractivity contribution is -0.513. The highest BCUT2D eigenvalue weighted by Crippen LogP contribution is 1.96. The van der Waals surface area contributed by atoms with E-state index in [1.54, 1.807) is 24.9 Å². The molecule has 0 fully saturated rings. The quantitative estimate of drug-likeness (QED) is 0.405. The molecule has 0 spiro atoms. The first kappa shape index (κ1) is 16.4. The van der Waals surface area contributed by atoms with E-state index in [1.165, 1.54) is 0 Å². The van der Waals surface area contributed by atoms with Gasteiger partial charge >= 0.3 is 5.78 Å². The Morgan fingerprint density at radius 1 is 0.778 bits per heavy atom. The van der Waals surface area contributed by atoms with Crippen LogP contribution in [-0.4, -0.2) is 29.3 Å². The molecule has 6 rings (SSSR count). The highest BCUT2D eigenvalue weighted by Gasteiger charge is 1.96. The molecule has 132 valence electrons. The van der Waals surface area contributed by atoms with Crippen molar-refractivity contribution in [2.24, 2.45) is 0 Å². The van der Waals surface area contributed by atoms with Gasteiger partial charge in [-0.25, -0.2) is 18.8 Å². The van der Waals surface area contributed by atoms with E-state index < -0.39 is 0 Å². The number of fused-ring (bicyclic) bond motifs is 3. The van der Waals surface area contributed by atoms with Gasteiger partial charge in [-0.3, -0.25) is 4.98 Å². The molecule has 6 aromatic rings. The van der Waals surface area contributed by atoms with Gasteiger partial charge in [-0.2, -0.15) is 0 Å². The van der Waals surface area contributed by atoms with Crippen molar-refractivity contribution in [1.29, 1.82) is 0 Å². The molecule has 0 unspecified atom stereocenters. The van der Waals surface area contributed by atoms with Crippen molar-refractivity contribution >= 4 is 17.1 Å². The smallest absolute Gasteiger partial charge is 0.307 e. The zero-order chi connectivity index (χ0) is 18.3. The summed E-state index contributed by atoms with van der Waals surface area (Å²) in [4.78, 5) is 18.1. The van der Waals surface area contributed by atoms with Crippen molar-refractivity contribution in [2.45, 2.75) is 0 Å². The van der Waals surface area contributed by atoms with E-state index in [0.29, 0.717) is 0 Å². The fourth-order valence-electron chi connectivity index (χ4n) is 2.49. The monoisotopic (exact) mass is 358 g/mol. The largest absolute Gasteiger partial charge is 0.400 e. The van der Waals surface area contributed by atoms with Gasteiger partial charge in [0.1, 0.15) is 30.4 Å². The van der Waals surface area contributed by atoms with Gasteiger partial charge in [0.05, 0.1) is 18.6 Å². The lowest BCUT2D eigenvalue weighted by atomic mass is 10.5. The van der Waals surface area contributed by atoms with Gasteiger partial charge in [-0.15, -0.1) is 4.98 Å². The third-order valence-corrected chi connectivity index (χ3v) is 3.78. The van der Waals surface area contributed by atoms with Crippen LogP contribution in [0.3, 0.4) is 0 Å². The summed E-state index contributed by atoms with van der Waals surface area (Å²) in [7, 11) is 0. The van der Waals surface area contributed by atoms with Crippen LogP contribution in [0.1, 0.15) is 0 Å². The Morgan fingerprint density at radius 3 is 2.59 bits per heavy atom. The van der Waals surface area contributed by atoms with Crippen molar-refractivity contribution in [3.05, 3.63) is 98.6 Å². The predicted octanol–water partition coefficient (Wildman–Crippen LogP) is 1.63. The Bertz CT molecular complexity index is 1000. The number of pyridine rings is 1. The summed E-state index contributed by atoms with van der Waals surface area (Å²) in [6.07, 6.45) is 20.5. The molecule has 6 aromatic heterocycles. The number of hydrogen-bond acceptors (Lipinski definition) is 3. The van der Waals surface area contributed by atoms with Gasteiger partial charge in [0.15, 0.2) is 0 Å². The molecule has 2 N–H and O–H groups in total. The van der Waals surface area contributed by atoms with Crippen LogP contribution in [-0.2, 0) is 0 Å². The average Bonchev–Trinajstić information content (AvgIpc) is 3.48. The van der Waals surface area contributed by atoms with E-state index in [0.717, 1.165) is 17.1 Å². The predicted molar refractivity (Wildman–Crippen MR) is 98.7 cm³/mol. The number of H-pyrrole nitrogens is 2. The first-order valence-corrected chi connectivity index (χ1v) is 8.35. The Labute approximate surface area is 154 Å². The molecule has 0 aromatic carbocycles. The minimum atomic E-state index is 0.873. The Morgan fingerprint density at radius 2 is 1.70 bits per heavy atom. The first-order valence-electron chi connectivity index (χ1n) is 8.35. The molecule has 0 saturated heterocycles. The SMILES string of the molecule is c1cc2[nH]cc[n+]2cn1.c1ccn2ccnc2c1.c1cnc2[nH]cc[n+]2c1. The van der Waals surface area contributed by atoms with Crippen LogP contribution in [0.15, 0.2) is 98.6 Å². The van der Waals surface area contributed by atoms with Gasteiger partial charge in [0.2, 0.25) is 12.0 Å². The van der Waals surface area contributed by atoms with Crippen molar-refractivity contribution < 1.29 is 8.80 Å². The molecule has 27 heavy (non-hydrogen) atoms. The van der Waals surface area contributed by atoms with Crippen LogP contribution in [0.25, 0.3) is 17.1 Å². The molecule has 0 aliphatic heterocycles. The van der Waals surface area contributed by atoms with Crippen LogP contribution < -0.4 is 8.80 Å². The second-order valence-corrected chi connectivity index (χ2v) is 5.54. The lowest BCUT2D eigenvalue weighted by Gasteiger charge is -1.86. The third kappa shape index (κ3) is 3.96. The maximum atomic E-state index is 4.08. The van der Waals surface area contributed by atoms with Gasteiger partial charge in [-0.05, 0) is 12.1 Å². The number of rotatable bonds is 0. The standard InChI is InChI=1S/C7H6N2.2C6H5N3/c1-2-5-9-6-4-8-7(9)3-1;1-2-7-5-9-4-3-8-6(1)9;1-2-7-6-8-3-5-9(6)4-1/h1-6H;2*1-5H/p+2. The molecule has 0 saturated carbocycles. The molecular formula is C19H18N8+2. The first-order chi connectivity index (χ1) is 13.4. The van der Waals surface area contributed by atoms with E-state index in [1.807, 2.05) is 86.9 Å². The Hall–Kier alpha value is -4.07. The molecule has 0 bridgehead atoms. The number of imidazole rings is 3. The zero-order valence-electron chi connectivity index (χ0n) is 14.4. The summed E-state index contributed by atoms with van der Waals surface area (Å²) >= 11 is 0. The molecule has 0 atom stereocenters. The number of aromatic nitrogens is 8. The van der Waals surface area contributed by atoms with E-state index in [2.05, 4.69) is 24.9 Å². The van der Waals surface area contributed by atoms with Crippen LogP contribution in [0.5, 0.6) is 0 Å². The van der Waals surface area contributed by atoms with Crippen molar-refractivity contribution in [2.75, 3.05) is 0 Å². The third-order valence-electron chi connectivity index (χ3n) is 3.78. The molecule has 8 nitrogen and oxygen atoms in total. The van der Waals surface area contributed by atoms with E-state index in [-0.39, 0.29) is 0 Å². The van der Waals surface area contributed by atoms with Crippen LogP contribution in [0.2, 0.25) is 0 Å². The average molecular weight is 358 g/mol. The summed E-state index contributed by atoms with van der Waals surface area (Å²) in [5, 5.41) is 0. The summed E-state index contributed by atoms with van der Waals surface area (Å²) in [6, 6.07) is 9.73. The van der Waals surface area contributed by atoms with Crippen LogP contribution in [0, 0.1) is 0 Å². The lowest BCUT2D eigenvalue weighted by Crippen LogP contribution is -2.17. The second kappa shape index (κ2) is 7.87. The summed E-state index contributed by atoms with van der Waals surface area (Å²) in [5.41, 5.74) is 2.06. The van der Waals surface area contributed by atoms with Crippen molar-refractivity contribution in [3.63, 3.8) is 0 Å². The normalized spacial score (nSPS) is 10.2. The number of hydrogen-bond donors (Lipinski definition) is 2. The molecule has 0 aliphatic carbocycles. The molecule has 8 heteroatoms. The van der Waals surface area contributed by atoms with E-state index >= 15 is 0 Å². The van der Waals surface area contributed by atoms with Gasteiger partial charge < -0.3 is 4.40 Å². The molecule has 0 aliphatic rings. The molecule has 0 amide bonds. The number of nitrogens with one attached hydrogen (secondary N) is 2. The molecule has 0 radical (unpaired) electrons. The number of aromatic amines is 2. The summed E-state index contributed by atoms with van der Waals surface area (Å²) in [5.74, 6) is 0.873. The number of nitrogens with zero attached hydrogens (tertiary/aromatic N) is 6. The highest BCUT2D eigenvalue weighted by molar-refractivity contribution is 5.36. The maximum absolute atomic E-state index is 4.08. The summed E-state index contributed by atoms with van der Waals surface area (Å²) < 4.78 is 5.81. The molecular weight excluding hydrogens is 340 g/mol. The van der Waals surface area contributed by atoms with Crippen LogP contribution >= 0.6 is 0 Å². The topological polar surface area (TPSA) is 82.9 Å². The minimum absolute atomic E-state index is 0.873. The summed E-state index contributed by atoms with van der Waals surface area (Å²) in [6.45, 7) is 0. The Balaban J connectivity index is 0.0000001000. The fourth-order valence-corrected chi connectivity index (χ4v) is 2.49. The maximum Gasteiger partial charge on any atom is 0.400 e. The Kier molecular flexibility index (Phi) is 4.78. The van der Waals surface area contributed by atoms with Gasteiger partial charge in [-0.1, -0.05) is 11.1 Å². The van der Waals surface area contributed by atoms with Gasteiger partial charge in [0, 0.05) is 30.7 Å². The van der Waals surface area contributed by atoms with E-state index in [4.69, 9.17) is 0 Å².